The van der Waals surface area contributed by atoms with E-state index in [1.54, 1.807) is 11.3 Å². The van der Waals surface area contributed by atoms with Crippen molar-refractivity contribution in [2.75, 3.05) is 31.2 Å². The van der Waals surface area contributed by atoms with Gasteiger partial charge in [-0.05, 0) is 22.9 Å². The second-order valence-electron chi connectivity index (χ2n) is 3.79. The lowest BCUT2D eigenvalue weighted by Gasteiger charge is -2.28. The molecule has 1 saturated heterocycles. The number of benzene rings is 1. The number of thiol groups is 1. The zero-order valence-electron chi connectivity index (χ0n) is 9.13. The van der Waals surface area contributed by atoms with Crippen molar-refractivity contribution in [3.63, 3.8) is 0 Å². The van der Waals surface area contributed by atoms with E-state index >= 15 is 0 Å². The van der Waals surface area contributed by atoms with E-state index in [2.05, 4.69) is 39.7 Å². The van der Waals surface area contributed by atoms with Crippen LogP contribution in [0.1, 0.15) is 0 Å². The Bertz CT molecular complexity index is 522. The van der Waals surface area contributed by atoms with E-state index in [-0.39, 0.29) is 0 Å². The number of nitrogens with zero attached hydrogens (tertiary/aromatic N) is 2. The van der Waals surface area contributed by atoms with Gasteiger partial charge >= 0.3 is 0 Å². The summed E-state index contributed by atoms with van der Waals surface area (Å²) in [5, 5.41) is 0. The van der Waals surface area contributed by atoms with Crippen LogP contribution in [-0.2, 0) is 4.74 Å². The maximum atomic E-state index is 5.38. The number of rotatable bonds is 2. The van der Waals surface area contributed by atoms with Gasteiger partial charge in [-0.2, -0.15) is 0 Å². The van der Waals surface area contributed by atoms with Crippen molar-refractivity contribution in [3.8, 4) is 0 Å². The molecule has 0 atom stereocenters. The van der Waals surface area contributed by atoms with Crippen LogP contribution in [0.5, 0.6) is 0 Å². The number of fused-ring (bicyclic) bond motifs is 1. The molecule has 0 spiro atoms. The van der Waals surface area contributed by atoms with Gasteiger partial charge in [-0.1, -0.05) is 6.07 Å². The average molecular weight is 284 g/mol. The summed E-state index contributed by atoms with van der Waals surface area (Å²) >= 11 is 5.91. The summed E-state index contributed by atoms with van der Waals surface area (Å²) in [7, 11) is 1.41. The summed E-state index contributed by atoms with van der Waals surface area (Å²) in [6.07, 6.45) is 0. The Balaban J connectivity index is 2.05. The zero-order valence-corrected chi connectivity index (χ0v) is 11.7. The first-order valence-corrected chi connectivity index (χ1v) is 8.10. The summed E-state index contributed by atoms with van der Waals surface area (Å²) in [6.45, 7) is 3.49. The molecule has 0 aliphatic carbocycles. The van der Waals surface area contributed by atoms with Gasteiger partial charge in [-0.25, -0.2) is 4.98 Å². The maximum Gasteiger partial charge on any atom is 0.161 e. The van der Waals surface area contributed by atoms with Crippen molar-refractivity contribution in [2.24, 2.45) is 0 Å². The minimum absolute atomic E-state index is 0.800. The van der Waals surface area contributed by atoms with E-state index < -0.39 is 0 Å². The molecule has 0 amide bonds. The van der Waals surface area contributed by atoms with Crippen LogP contribution in [0.3, 0.4) is 0 Å². The lowest BCUT2D eigenvalue weighted by atomic mass is 10.2. The van der Waals surface area contributed by atoms with Gasteiger partial charge < -0.3 is 9.64 Å². The number of ether oxygens (including phenoxy) is 1. The molecule has 1 aromatic carbocycles. The summed E-state index contributed by atoms with van der Waals surface area (Å²) in [5.74, 6) is 0. The van der Waals surface area contributed by atoms with Crippen LogP contribution >= 0.6 is 33.8 Å². The van der Waals surface area contributed by atoms with Crippen LogP contribution < -0.4 is 4.90 Å². The van der Waals surface area contributed by atoms with Crippen LogP contribution in [0.4, 0.5) is 5.69 Å². The Morgan fingerprint density at radius 1 is 1.35 bits per heavy atom. The molecule has 0 saturated carbocycles. The Kier molecular flexibility index (Phi) is 3.46. The minimum Gasteiger partial charge on any atom is -0.378 e. The minimum atomic E-state index is 0.800. The van der Waals surface area contributed by atoms with Crippen LogP contribution in [0.2, 0.25) is 0 Å². The molecule has 3 nitrogen and oxygen atoms in total. The van der Waals surface area contributed by atoms with Gasteiger partial charge in [0.15, 0.2) is 4.34 Å². The molecule has 2 heterocycles. The van der Waals surface area contributed by atoms with E-state index in [0.717, 1.165) is 36.2 Å². The van der Waals surface area contributed by atoms with Crippen LogP contribution in [0.25, 0.3) is 10.2 Å². The molecule has 90 valence electrons. The first-order chi connectivity index (χ1) is 8.38. The smallest absolute Gasteiger partial charge is 0.161 e. The standard InChI is InChI=1S/C11H12N2OS3/c15-17-11-12-10-8(2-1-3-9(10)16-11)13-4-6-14-7-5-13/h1-3,15H,4-7H2. The van der Waals surface area contributed by atoms with Gasteiger partial charge in [0.2, 0.25) is 0 Å². The second-order valence-corrected chi connectivity index (χ2v) is 6.20. The molecule has 1 aliphatic heterocycles. The molecular formula is C11H12N2OS3. The van der Waals surface area contributed by atoms with Crippen LogP contribution in [-0.4, -0.2) is 31.3 Å². The largest absolute Gasteiger partial charge is 0.378 e. The van der Waals surface area contributed by atoms with Crippen LogP contribution in [0, 0.1) is 0 Å². The van der Waals surface area contributed by atoms with Gasteiger partial charge in [0.05, 0.1) is 23.6 Å². The number of anilines is 1. The highest BCUT2D eigenvalue weighted by molar-refractivity contribution is 8.69. The Morgan fingerprint density at radius 2 is 2.18 bits per heavy atom. The zero-order chi connectivity index (χ0) is 11.7. The van der Waals surface area contributed by atoms with Crippen LogP contribution in [0.15, 0.2) is 22.5 Å². The monoisotopic (exact) mass is 284 g/mol. The second kappa shape index (κ2) is 5.06. The maximum absolute atomic E-state index is 5.38. The quantitative estimate of drug-likeness (QED) is 0.677. The number of hydrogen-bond acceptors (Lipinski definition) is 6. The summed E-state index contributed by atoms with van der Waals surface area (Å²) < 4.78 is 7.61. The normalized spacial score (nSPS) is 16.6. The van der Waals surface area contributed by atoms with Gasteiger partial charge in [0.1, 0.15) is 5.52 Å². The lowest BCUT2D eigenvalue weighted by molar-refractivity contribution is 0.123. The molecule has 1 fully saturated rings. The first-order valence-electron chi connectivity index (χ1n) is 5.42. The van der Waals surface area contributed by atoms with Gasteiger partial charge in [-0.15, -0.1) is 23.0 Å². The van der Waals surface area contributed by atoms with E-state index in [1.807, 2.05) is 0 Å². The third kappa shape index (κ3) is 2.27. The molecule has 1 aliphatic rings. The van der Waals surface area contributed by atoms with Gasteiger partial charge in [0, 0.05) is 13.1 Å². The number of thiazole rings is 1. The molecule has 6 heteroatoms. The molecule has 3 rings (SSSR count). The average Bonchev–Trinajstić information content (AvgIpc) is 2.82. The molecule has 1 aromatic heterocycles. The third-order valence-corrected chi connectivity index (χ3v) is 5.26. The Labute approximate surface area is 113 Å². The fraction of sp³-hybridized carbons (Fsp3) is 0.364. The molecule has 0 unspecified atom stereocenters. The number of hydrogen-bond donors (Lipinski definition) is 1. The van der Waals surface area contributed by atoms with Gasteiger partial charge in [0.25, 0.3) is 0 Å². The first kappa shape index (κ1) is 11.6. The van der Waals surface area contributed by atoms with E-state index in [9.17, 15) is 0 Å². The van der Waals surface area contributed by atoms with Gasteiger partial charge in [-0.3, -0.25) is 0 Å². The van der Waals surface area contributed by atoms with E-state index in [4.69, 9.17) is 4.74 Å². The Hall–Kier alpha value is -0.430. The van der Waals surface area contributed by atoms with E-state index in [0.29, 0.717) is 0 Å². The summed E-state index contributed by atoms with van der Waals surface area (Å²) in [5.41, 5.74) is 2.31. The Morgan fingerprint density at radius 3 is 2.94 bits per heavy atom. The fourth-order valence-corrected chi connectivity index (χ4v) is 3.74. The van der Waals surface area contributed by atoms with E-state index in [1.165, 1.54) is 21.2 Å². The predicted molar refractivity (Wildman–Crippen MR) is 77.5 cm³/mol. The number of para-hydroxylation sites is 1. The number of morpholine rings is 1. The lowest BCUT2D eigenvalue weighted by Crippen LogP contribution is -2.36. The molecular weight excluding hydrogens is 272 g/mol. The summed E-state index contributed by atoms with van der Waals surface area (Å²) in [4.78, 5) is 6.97. The predicted octanol–water partition coefficient (Wildman–Crippen LogP) is 3.07. The van der Waals surface area contributed by atoms with Crippen molar-refractivity contribution in [3.05, 3.63) is 18.2 Å². The van der Waals surface area contributed by atoms with Crippen molar-refractivity contribution >= 4 is 49.7 Å². The molecule has 0 radical (unpaired) electrons. The van der Waals surface area contributed by atoms with Crippen molar-refractivity contribution in [1.29, 1.82) is 0 Å². The molecule has 0 bridgehead atoms. The summed E-state index contributed by atoms with van der Waals surface area (Å²) in [6, 6.07) is 6.35. The molecule has 0 N–H and O–H groups in total. The van der Waals surface area contributed by atoms with Crippen molar-refractivity contribution in [1.82, 2.24) is 4.98 Å². The highest BCUT2D eigenvalue weighted by Gasteiger charge is 2.16. The molecule has 2 aromatic rings. The van der Waals surface area contributed by atoms with Crippen molar-refractivity contribution in [2.45, 2.75) is 4.34 Å². The van der Waals surface area contributed by atoms with Crippen molar-refractivity contribution < 1.29 is 4.74 Å². The fourth-order valence-electron chi connectivity index (χ4n) is 2.01. The SMILES string of the molecule is SSc1nc2c(N3CCOCC3)cccc2s1. The highest BCUT2D eigenvalue weighted by atomic mass is 33.1. The molecule has 17 heavy (non-hydrogen) atoms. The topological polar surface area (TPSA) is 25.4 Å². The number of aromatic nitrogens is 1. The highest BCUT2D eigenvalue weighted by Crippen LogP contribution is 2.35. The third-order valence-electron chi connectivity index (χ3n) is 2.81.